The van der Waals surface area contributed by atoms with Crippen molar-refractivity contribution in [2.75, 3.05) is 0 Å². The Morgan fingerprint density at radius 3 is 2.08 bits per heavy atom. The number of furan rings is 1. The summed E-state index contributed by atoms with van der Waals surface area (Å²) < 4.78 is 25.8. The minimum Gasteiger partial charge on any atom is -0.454 e. The zero-order valence-electron chi connectivity index (χ0n) is 21.0. The van der Waals surface area contributed by atoms with E-state index in [0.717, 1.165) is 65.9 Å². The van der Waals surface area contributed by atoms with Crippen LogP contribution in [0.2, 0.25) is 0 Å². The number of fused-ring (bicyclic) bond motifs is 9. The molecule has 0 unspecified atom stereocenters. The first-order valence-electron chi connectivity index (χ1n) is 13.1. The van der Waals surface area contributed by atoms with Crippen molar-refractivity contribution in [2.24, 2.45) is 0 Å². The van der Waals surface area contributed by atoms with Crippen LogP contribution >= 0.6 is 0 Å². The highest BCUT2D eigenvalue weighted by Gasteiger charge is 2.21. The number of pyridine rings is 2. The zero-order chi connectivity index (χ0) is 26.4. The van der Waals surface area contributed by atoms with Gasteiger partial charge in [-0.05, 0) is 60.7 Å². The van der Waals surface area contributed by atoms with Gasteiger partial charge < -0.3 is 13.6 Å². The Morgan fingerprint density at radius 1 is 0.550 bits per heavy atom. The molecule has 0 saturated heterocycles. The minimum atomic E-state index is -0.317. The Hall–Kier alpha value is -5.49. The van der Waals surface area contributed by atoms with Crippen LogP contribution in [0.1, 0.15) is 0 Å². The molecule has 4 aromatic carbocycles. The largest absolute Gasteiger partial charge is 0.454 e. The molecule has 6 heteroatoms. The van der Waals surface area contributed by atoms with Gasteiger partial charge in [0.05, 0.1) is 38.8 Å². The SMILES string of the molecule is Fc1cc(-n2c3ccc(-n4c5ccccc5c5ncccc54)cc3c3ncccc32)c2oc3ccccc3c2c1. The summed E-state index contributed by atoms with van der Waals surface area (Å²) >= 11 is 0. The predicted octanol–water partition coefficient (Wildman–Crippen LogP) is 8.71. The van der Waals surface area contributed by atoms with Crippen LogP contribution in [0.5, 0.6) is 0 Å². The summed E-state index contributed by atoms with van der Waals surface area (Å²) in [6.07, 6.45) is 3.63. The van der Waals surface area contributed by atoms with Crippen molar-refractivity contribution in [1.29, 1.82) is 0 Å². The quantitative estimate of drug-likeness (QED) is 0.230. The van der Waals surface area contributed by atoms with Crippen LogP contribution in [0.15, 0.2) is 120 Å². The topological polar surface area (TPSA) is 48.8 Å². The van der Waals surface area contributed by atoms with Gasteiger partial charge in [0.1, 0.15) is 11.4 Å². The minimum absolute atomic E-state index is 0.317. The van der Waals surface area contributed by atoms with Crippen LogP contribution < -0.4 is 0 Å². The molecule has 0 aliphatic heterocycles. The lowest BCUT2D eigenvalue weighted by Crippen LogP contribution is -1.97. The van der Waals surface area contributed by atoms with Crippen LogP contribution in [0.3, 0.4) is 0 Å². The molecule has 0 aliphatic carbocycles. The van der Waals surface area contributed by atoms with E-state index in [4.69, 9.17) is 9.40 Å². The standard InChI is InChI=1S/C34H19FN4O/c35-20-17-24-22-7-2-4-12-31(22)40-34(24)30(18-20)39-27-14-13-21(19-25(27)33-29(39)11-6-16-37-33)38-26-9-3-1-8-23(26)32-28(38)10-5-15-36-32/h1-19H. The van der Waals surface area contributed by atoms with Gasteiger partial charge in [0.2, 0.25) is 0 Å². The van der Waals surface area contributed by atoms with E-state index >= 15 is 4.39 Å². The molecule has 0 spiro atoms. The van der Waals surface area contributed by atoms with Crippen molar-refractivity contribution < 1.29 is 8.81 Å². The number of nitrogens with zero attached hydrogens (tertiary/aromatic N) is 4. The second-order valence-corrected chi connectivity index (χ2v) is 10.0. The number of rotatable bonds is 2. The van der Waals surface area contributed by atoms with Crippen molar-refractivity contribution in [3.8, 4) is 11.4 Å². The van der Waals surface area contributed by atoms with E-state index in [1.165, 1.54) is 0 Å². The molecule has 5 aromatic heterocycles. The molecule has 0 radical (unpaired) electrons. The van der Waals surface area contributed by atoms with Gasteiger partial charge in [-0.1, -0.05) is 36.4 Å². The fourth-order valence-corrected chi connectivity index (χ4v) is 6.22. The number of hydrogen-bond donors (Lipinski definition) is 0. The fourth-order valence-electron chi connectivity index (χ4n) is 6.22. The number of aromatic nitrogens is 4. The normalized spacial score (nSPS) is 12.1. The van der Waals surface area contributed by atoms with Crippen LogP contribution in [-0.2, 0) is 0 Å². The van der Waals surface area contributed by atoms with Crippen molar-refractivity contribution in [2.45, 2.75) is 0 Å². The third-order valence-corrected chi connectivity index (χ3v) is 7.85. The molecule has 0 bridgehead atoms. The van der Waals surface area contributed by atoms with E-state index < -0.39 is 0 Å². The Morgan fingerprint density at radius 2 is 1.23 bits per heavy atom. The van der Waals surface area contributed by atoms with Crippen LogP contribution in [-0.4, -0.2) is 19.1 Å². The number of hydrogen-bond acceptors (Lipinski definition) is 3. The molecule has 188 valence electrons. The van der Waals surface area contributed by atoms with Gasteiger partial charge in [-0.15, -0.1) is 0 Å². The highest BCUT2D eigenvalue weighted by Crippen LogP contribution is 2.39. The summed E-state index contributed by atoms with van der Waals surface area (Å²) in [7, 11) is 0. The highest BCUT2D eigenvalue weighted by molar-refractivity contribution is 6.12. The molecule has 5 heterocycles. The van der Waals surface area contributed by atoms with Gasteiger partial charge in [0.25, 0.3) is 0 Å². The summed E-state index contributed by atoms with van der Waals surface area (Å²) in [4.78, 5) is 9.46. The molecule has 0 aliphatic rings. The van der Waals surface area contributed by atoms with E-state index in [1.807, 2.05) is 60.8 Å². The van der Waals surface area contributed by atoms with E-state index in [9.17, 15) is 0 Å². The van der Waals surface area contributed by atoms with Crippen molar-refractivity contribution in [3.05, 3.63) is 121 Å². The second kappa shape index (κ2) is 7.77. The molecule has 0 saturated carbocycles. The van der Waals surface area contributed by atoms with Gasteiger partial charge >= 0.3 is 0 Å². The van der Waals surface area contributed by atoms with Gasteiger partial charge in [-0.25, -0.2) is 4.39 Å². The summed E-state index contributed by atoms with van der Waals surface area (Å²) in [5, 5.41) is 3.71. The maximum atomic E-state index is 15.2. The van der Waals surface area contributed by atoms with E-state index in [-0.39, 0.29) is 5.82 Å². The Labute approximate surface area is 226 Å². The molecule has 0 fully saturated rings. The van der Waals surface area contributed by atoms with E-state index in [1.54, 1.807) is 18.3 Å². The molecule has 0 N–H and O–H groups in total. The fraction of sp³-hybridized carbons (Fsp3) is 0. The maximum absolute atomic E-state index is 15.2. The van der Waals surface area contributed by atoms with Crippen LogP contribution in [0.25, 0.3) is 77.2 Å². The average Bonchev–Trinajstić information content (AvgIpc) is 3.64. The molecule has 40 heavy (non-hydrogen) atoms. The van der Waals surface area contributed by atoms with Gasteiger partial charge in [0.15, 0.2) is 5.58 Å². The van der Waals surface area contributed by atoms with E-state index in [2.05, 4.69) is 50.5 Å². The molecule has 5 nitrogen and oxygen atoms in total. The molecule has 9 rings (SSSR count). The number of para-hydroxylation sites is 2. The first-order chi connectivity index (χ1) is 19.8. The van der Waals surface area contributed by atoms with Gasteiger partial charge in [-0.2, -0.15) is 0 Å². The van der Waals surface area contributed by atoms with Crippen LogP contribution in [0.4, 0.5) is 4.39 Å². The maximum Gasteiger partial charge on any atom is 0.159 e. The predicted molar refractivity (Wildman–Crippen MR) is 158 cm³/mol. The third-order valence-electron chi connectivity index (χ3n) is 7.85. The Kier molecular flexibility index (Phi) is 4.17. The summed E-state index contributed by atoms with van der Waals surface area (Å²) in [5.41, 5.74) is 8.74. The van der Waals surface area contributed by atoms with E-state index in [0.29, 0.717) is 11.3 Å². The molecular weight excluding hydrogens is 499 g/mol. The molecule has 9 aromatic rings. The third kappa shape index (κ3) is 2.79. The second-order valence-electron chi connectivity index (χ2n) is 10.0. The molecular formula is C34H19FN4O. The first-order valence-corrected chi connectivity index (χ1v) is 13.1. The van der Waals surface area contributed by atoms with Crippen molar-refractivity contribution in [1.82, 2.24) is 19.1 Å². The zero-order valence-corrected chi connectivity index (χ0v) is 21.0. The summed E-state index contributed by atoms with van der Waals surface area (Å²) in [6.45, 7) is 0. The number of benzene rings is 4. The smallest absolute Gasteiger partial charge is 0.159 e. The monoisotopic (exact) mass is 518 g/mol. The average molecular weight is 519 g/mol. The lowest BCUT2D eigenvalue weighted by atomic mass is 10.1. The lowest BCUT2D eigenvalue weighted by Gasteiger charge is -2.10. The molecule has 0 amide bonds. The highest BCUT2D eigenvalue weighted by atomic mass is 19.1. The summed E-state index contributed by atoms with van der Waals surface area (Å²) in [5.74, 6) is -0.317. The van der Waals surface area contributed by atoms with Gasteiger partial charge in [-0.3, -0.25) is 9.97 Å². The van der Waals surface area contributed by atoms with Crippen molar-refractivity contribution in [3.63, 3.8) is 0 Å². The Bertz CT molecular complexity index is 2410. The summed E-state index contributed by atoms with van der Waals surface area (Å²) in [6, 6.07) is 33.5. The van der Waals surface area contributed by atoms with Crippen molar-refractivity contribution >= 4 is 65.8 Å². The molecule has 0 atom stereocenters. The first kappa shape index (κ1) is 21.4. The Balaban J connectivity index is 1.39. The number of halogens is 1. The van der Waals surface area contributed by atoms with Crippen LogP contribution in [0, 0.1) is 5.82 Å². The van der Waals surface area contributed by atoms with Gasteiger partial charge in [0, 0.05) is 45.7 Å². The lowest BCUT2D eigenvalue weighted by molar-refractivity contribution is 0.624.